The van der Waals surface area contributed by atoms with E-state index in [-0.39, 0.29) is 11.9 Å². The second kappa shape index (κ2) is 6.19. The molecular weight excluding hydrogens is 246 g/mol. The van der Waals surface area contributed by atoms with Gasteiger partial charge in [-0.3, -0.25) is 9.59 Å². The number of carbonyl (C=O) groups excluding carboxylic acids is 2. The van der Waals surface area contributed by atoms with Gasteiger partial charge in [0.2, 0.25) is 12.2 Å². The Morgan fingerprint density at radius 1 is 1.58 bits per heavy atom. The van der Waals surface area contributed by atoms with E-state index in [1.54, 1.807) is 4.90 Å². The summed E-state index contributed by atoms with van der Waals surface area (Å²) in [4.78, 5) is 25.7. The van der Waals surface area contributed by atoms with Gasteiger partial charge in [-0.05, 0) is 31.9 Å². The van der Waals surface area contributed by atoms with Crippen LogP contribution < -0.4 is 0 Å². The van der Waals surface area contributed by atoms with E-state index in [0.717, 1.165) is 25.7 Å². The summed E-state index contributed by atoms with van der Waals surface area (Å²) in [7, 11) is 0. The van der Waals surface area contributed by atoms with E-state index in [9.17, 15) is 9.59 Å². The van der Waals surface area contributed by atoms with Gasteiger partial charge in [0.25, 0.3) is 0 Å². The number of nitrogens with zero attached hydrogens (tertiary/aromatic N) is 1. The minimum Gasteiger partial charge on any atom is -0.435 e. The molecule has 0 saturated carbocycles. The first-order valence-corrected chi connectivity index (χ1v) is 6.94. The van der Waals surface area contributed by atoms with Gasteiger partial charge in [0.05, 0.1) is 6.61 Å². The molecule has 1 amide bonds. The third kappa shape index (κ3) is 2.97. The predicted octanol–water partition coefficient (Wildman–Crippen LogP) is 1.83. The summed E-state index contributed by atoms with van der Waals surface area (Å²) in [6, 6.07) is 0.0508. The fourth-order valence-corrected chi connectivity index (χ4v) is 2.66. The maximum absolute atomic E-state index is 12.1. The lowest BCUT2D eigenvalue weighted by molar-refractivity contribution is -0.191. The highest BCUT2D eigenvalue weighted by Crippen LogP contribution is 2.29. The molecule has 0 radical (unpaired) electrons. The molecule has 2 fully saturated rings. The molecule has 2 aliphatic rings. The van der Waals surface area contributed by atoms with Crippen molar-refractivity contribution in [2.45, 2.75) is 51.4 Å². The molecule has 0 aromatic heterocycles. The molecule has 5 nitrogen and oxygen atoms in total. The number of carbonyl (C=O) groups is 2. The van der Waals surface area contributed by atoms with Crippen LogP contribution in [0.15, 0.2) is 12.8 Å². The Kier molecular flexibility index (Phi) is 4.58. The van der Waals surface area contributed by atoms with Gasteiger partial charge in [-0.15, -0.1) is 0 Å². The fraction of sp³-hybridized carbons (Fsp3) is 0.714. The molecule has 0 N–H and O–H groups in total. The number of likely N-dealkylation sites (tertiary alicyclic amines) is 1. The van der Waals surface area contributed by atoms with E-state index < -0.39 is 18.2 Å². The number of rotatable bonds is 4. The van der Waals surface area contributed by atoms with Crippen molar-refractivity contribution in [3.8, 4) is 0 Å². The van der Waals surface area contributed by atoms with E-state index >= 15 is 0 Å². The Bertz CT molecular complexity index is 362. The monoisotopic (exact) mass is 267 g/mol. The van der Waals surface area contributed by atoms with Crippen molar-refractivity contribution >= 4 is 11.9 Å². The summed E-state index contributed by atoms with van der Waals surface area (Å²) in [5.41, 5.74) is 0. The molecule has 3 unspecified atom stereocenters. The van der Waals surface area contributed by atoms with E-state index in [1.807, 2.05) is 6.92 Å². The fourth-order valence-electron chi connectivity index (χ4n) is 2.66. The van der Waals surface area contributed by atoms with Gasteiger partial charge in [0.15, 0.2) is 0 Å². The van der Waals surface area contributed by atoms with E-state index in [0.29, 0.717) is 13.0 Å². The zero-order valence-electron chi connectivity index (χ0n) is 11.3. The van der Waals surface area contributed by atoms with Gasteiger partial charge in [-0.1, -0.05) is 13.5 Å². The molecule has 106 valence electrons. The summed E-state index contributed by atoms with van der Waals surface area (Å²) in [6.45, 7) is 6.24. The van der Waals surface area contributed by atoms with E-state index in [4.69, 9.17) is 9.47 Å². The Morgan fingerprint density at radius 2 is 2.37 bits per heavy atom. The smallest absolute Gasteiger partial charge is 0.320 e. The maximum atomic E-state index is 12.1. The third-order valence-corrected chi connectivity index (χ3v) is 3.79. The molecule has 2 rings (SSSR count). The molecule has 2 aliphatic heterocycles. The van der Waals surface area contributed by atoms with Gasteiger partial charge >= 0.3 is 5.97 Å². The van der Waals surface area contributed by atoms with E-state index in [1.165, 1.54) is 6.20 Å². The van der Waals surface area contributed by atoms with Crippen LogP contribution in [-0.4, -0.2) is 35.7 Å². The van der Waals surface area contributed by atoms with Crippen LogP contribution >= 0.6 is 0 Å². The number of amides is 1. The SMILES string of the molecule is C=CN1C(=O)C(C(=O)OC2CCCCO2)CC1CC. The number of hydrogen-bond donors (Lipinski definition) is 0. The van der Waals surface area contributed by atoms with Gasteiger partial charge < -0.3 is 14.4 Å². The Labute approximate surface area is 113 Å². The topological polar surface area (TPSA) is 55.8 Å². The number of ether oxygens (including phenoxy) is 2. The van der Waals surface area contributed by atoms with Crippen LogP contribution in [0, 0.1) is 5.92 Å². The Hall–Kier alpha value is -1.36. The van der Waals surface area contributed by atoms with Gasteiger partial charge in [-0.2, -0.15) is 0 Å². The minimum atomic E-state index is -0.700. The van der Waals surface area contributed by atoms with Crippen LogP contribution in [0.4, 0.5) is 0 Å². The molecule has 0 spiro atoms. The van der Waals surface area contributed by atoms with Crippen molar-refractivity contribution in [2.75, 3.05) is 6.61 Å². The second-order valence-corrected chi connectivity index (χ2v) is 5.01. The molecule has 2 saturated heterocycles. The van der Waals surface area contributed by atoms with Gasteiger partial charge in [0.1, 0.15) is 5.92 Å². The highest BCUT2D eigenvalue weighted by molar-refractivity contribution is 6.00. The van der Waals surface area contributed by atoms with Crippen LogP contribution in [0.25, 0.3) is 0 Å². The molecule has 0 aliphatic carbocycles. The van der Waals surface area contributed by atoms with E-state index in [2.05, 4.69) is 6.58 Å². The van der Waals surface area contributed by atoms with Crippen LogP contribution in [0.1, 0.15) is 39.0 Å². The molecule has 19 heavy (non-hydrogen) atoms. The summed E-state index contributed by atoms with van der Waals surface area (Å²) in [6.07, 6.45) is 5.04. The van der Waals surface area contributed by atoms with Crippen molar-refractivity contribution in [1.82, 2.24) is 4.90 Å². The van der Waals surface area contributed by atoms with Gasteiger partial charge in [-0.25, -0.2) is 0 Å². The Morgan fingerprint density at radius 3 is 2.89 bits per heavy atom. The first-order valence-electron chi connectivity index (χ1n) is 6.94. The zero-order chi connectivity index (χ0) is 13.8. The average Bonchev–Trinajstić information content (AvgIpc) is 2.76. The molecule has 3 atom stereocenters. The molecule has 2 heterocycles. The molecule has 0 bridgehead atoms. The highest BCUT2D eigenvalue weighted by Gasteiger charge is 2.43. The normalized spacial score (nSPS) is 31.3. The summed E-state index contributed by atoms with van der Waals surface area (Å²) < 4.78 is 10.6. The maximum Gasteiger partial charge on any atom is 0.320 e. The van der Waals surface area contributed by atoms with Crippen molar-refractivity contribution in [1.29, 1.82) is 0 Å². The molecule has 5 heteroatoms. The van der Waals surface area contributed by atoms with Crippen molar-refractivity contribution in [2.24, 2.45) is 5.92 Å². The first kappa shape index (κ1) is 14.1. The molecule has 0 aromatic rings. The lowest BCUT2D eigenvalue weighted by Crippen LogP contribution is -2.33. The quantitative estimate of drug-likeness (QED) is 0.576. The van der Waals surface area contributed by atoms with Crippen molar-refractivity contribution in [3.05, 3.63) is 12.8 Å². The van der Waals surface area contributed by atoms with Crippen LogP contribution in [-0.2, 0) is 19.1 Å². The van der Waals surface area contributed by atoms with Crippen molar-refractivity contribution in [3.63, 3.8) is 0 Å². The predicted molar refractivity (Wildman–Crippen MR) is 68.9 cm³/mol. The average molecular weight is 267 g/mol. The molecular formula is C14H21NO4. The number of esters is 1. The summed E-state index contributed by atoms with van der Waals surface area (Å²) >= 11 is 0. The standard InChI is InChI=1S/C14H21NO4/c1-3-10-9-11(13(16)15(10)4-2)14(17)19-12-7-5-6-8-18-12/h4,10-12H,2-3,5-9H2,1H3. The third-order valence-electron chi connectivity index (χ3n) is 3.79. The lowest BCUT2D eigenvalue weighted by Gasteiger charge is -2.23. The Balaban J connectivity index is 1.95. The van der Waals surface area contributed by atoms with Gasteiger partial charge in [0, 0.05) is 12.5 Å². The second-order valence-electron chi connectivity index (χ2n) is 5.01. The highest BCUT2D eigenvalue weighted by atomic mass is 16.7. The molecule has 0 aromatic carbocycles. The van der Waals surface area contributed by atoms with Crippen LogP contribution in [0.5, 0.6) is 0 Å². The zero-order valence-corrected chi connectivity index (χ0v) is 11.3. The largest absolute Gasteiger partial charge is 0.435 e. The summed E-state index contributed by atoms with van der Waals surface area (Å²) in [5.74, 6) is -1.36. The van der Waals surface area contributed by atoms with Crippen molar-refractivity contribution < 1.29 is 19.1 Å². The summed E-state index contributed by atoms with van der Waals surface area (Å²) in [5, 5.41) is 0. The minimum absolute atomic E-state index is 0.0508. The van der Waals surface area contributed by atoms with Crippen LogP contribution in [0.2, 0.25) is 0 Å². The van der Waals surface area contributed by atoms with Crippen LogP contribution in [0.3, 0.4) is 0 Å². The number of hydrogen-bond acceptors (Lipinski definition) is 4. The first-order chi connectivity index (χ1) is 9.17. The lowest BCUT2D eigenvalue weighted by atomic mass is 10.0.